The summed E-state index contributed by atoms with van der Waals surface area (Å²) in [4.78, 5) is 20.7. The Morgan fingerprint density at radius 3 is 3.00 bits per heavy atom. The van der Waals surface area contributed by atoms with E-state index >= 15 is 0 Å². The molecule has 22 heavy (non-hydrogen) atoms. The van der Waals surface area contributed by atoms with Crippen LogP contribution in [0.3, 0.4) is 0 Å². The second-order valence-corrected chi connectivity index (χ2v) is 5.34. The highest BCUT2D eigenvalue weighted by Gasteiger charge is 2.21. The zero-order chi connectivity index (χ0) is 15.4. The van der Waals surface area contributed by atoms with Crippen LogP contribution in [-0.2, 0) is 19.4 Å². The lowest BCUT2D eigenvalue weighted by atomic mass is 9.94. The number of nitrogens with zero attached hydrogens (tertiary/aromatic N) is 5. The molecule has 0 saturated heterocycles. The summed E-state index contributed by atoms with van der Waals surface area (Å²) in [6, 6.07) is 0. The smallest absolute Gasteiger partial charge is 0.270 e. The summed E-state index contributed by atoms with van der Waals surface area (Å²) in [5.74, 6) is -0.000689. The molecule has 2 heterocycles. The van der Waals surface area contributed by atoms with Gasteiger partial charge in [0.2, 0.25) is 5.95 Å². The molecule has 0 radical (unpaired) electrons. The van der Waals surface area contributed by atoms with Gasteiger partial charge in [0.25, 0.3) is 5.91 Å². The van der Waals surface area contributed by atoms with E-state index in [0.717, 1.165) is 43.4 Å². The summed E-state index contributed by atoms with van der Waals surface area (Å²) in [5, 5.41) is 10.5. The Kier molecular flexibility index (Phi) is 4.27. The van der Waals surface area contributed by atoms with Gasteiger partial charge < -0.3 is 11.1 Å². The Morgan fingerprint density at radius 2 is 2.18 bits per heavy atom. The van der Waals surface area contributed by atoms with Crippen molar-refractivity contribution in [3.63, 3.8) is 0 Å². The summed E-state index contributed by atoms with van der Waals surface area (Å²) in [6.07, 6.45) is 8.07. The van der Waals surface area contributed by atoms with Crippen LogP contribution in [0.2, 0.25) is 0 Å². The summed E-state index contributed by atoms with van der Waals surface area (Å²) in [6.45, 7) is 1.27. The zero-order valence-corrected chi connectivity index (χ0v) is 12.3. The third-order valence-corrected chi connectivity index (χ3v) is 3.74. The molecule has 116 valence electrons. The third kappa shape index (κ3) is 3.21. The Labute approximate surface area is 128 Å². The maximum atomic E-state index is 12.3. The first-order valence-corrected chi connectivity index (χ1v) is 7.51. The first-order valence-electron chi connectivity index (χ1n) is 7.51. The molecule has 0 aliphatic heterocycles. The minimum absolute atomic E-state index is 0.174. The van der Waals surface area contributed by atoms with Gasteiger partial charge >= 0.3 is 0 Å². The Bertz CT molecular complexity index is 653. The predicted octanol–water partition coefficient (Wildman–Crippen LogP) is 0.349. The van der Waals surface area contributed by atoms with Crippen LogP contribution in [0.25, 0.3) is 0 Å². The van der Waals surface area contributed by atoms with Crippen molar-refractivity contribution >= 4 is 11.9 Å². The van der Waals surface area contributed by atoms with E-state index in [1.54, 1.807) is 17.1 Å². The molecule has 8 nitrogen and oxygen atoms in total. The summed E-state index contributed by atoms with van der Waals surface area (Å²) < 4.78 is 1.73. The molecule has 0 bridgehead atoms. The number of carbonyl (C=O) groups excluding carboxylic acids is 1. The number of nitrogens with one attached hydrogen (secondary N) is 1. The van der Waals surface area contributed by atoms with E-state index in [1.165, 1.54) is 0 Å². The maximum absolute atomic E-state index is 12.3. The van der Waals surface area contributed by atoms with Crippen molar-refractivity contribution < 1.29 is 4.79 Å². The fourth-order valence-electron chi connectivity index (χ4n) is 2.68. The van der Waals surface area contributed by atoms with E-state index in [9.17, 15) is 4.79 Å². The van der Waals surface area contributed by atoms with Crippen molar-refractivity contribution in [3.05, 3.63) is 29.3 Å². The number of nitrogen functional groups attached to an aromatic ring is 1. The number of anilines is 1. The van der Waals surface area contributed by atoms with Gasteiger partial charge in [0, 0.05) is 30.5 Å². The molecule has 0 aromatic carbocycles. The number of carbonyl (C=O) groups is 1. The molecule has 1 aliphatic rings. The highest BCUT2D eigenvalue weighted by molar-refractivity contribution is 5.94. The maximum Gasteiger partial charge on any atom is 0.270 e. The van der Waals surface area contributed by atoms with Crippen LogP contribution in [0.1, 0.15) is 41.0 Å². The van der Waals surface area contributed by atoms with Crippen molar-refractivity contribution in [1.29, 1.82) is 0 Å². The first kappa shape index (κ1) is 14.4. The molecule has 8 heteroatoms. The van der Waals surface area contributed by atoms with E-state index in [2.05, 4.69) is 25.6 Å². The van der Waals surface area contributed by atoms with Gasteiger partial charge in [0.1, 0.15) is 5.69 Å². The fraction of sp³-hybridized carbons (Fsp3) is 0.500. The normalized spacial score (nSPS) is 13.6. The molecular formula is C14H19N7O. The van der Waals surface area contributed by atoms with Crippen LogP contribution in [0.4, 0.5) is 5.95 Å². The molecule has 2 aromatic rings. The highest BCUT2D eigenvalue weighted by atomic mass is 16.1. The van der Waals surface area contributed by atoms with Gasteiger partial charge in [0.15, 0.2) is 0 Å². The number of nitrogens with two attached hydrogens (primary N) is 1. The van der Waals surface area contributed by atoms with Crippen molar-refractivity contribution in [1.82, 2.24) is 30.3 Å². The largest absolute Gasteiger partial charge is 0.368 e. The van der Waals surface area contributed by atoms with Crippen LogP contribution in [-0.4, -0.2) is 37.4 Å². The monoisotopic (exact) mass is 301 g/mol. The first-order chi connectivity index (χ1) is 10.7. The second kappa shape index (κ2) is 6.50. The minimum Gasteiger partial charge on any atom is -0.368 e. The number of fused-ring (bicyclic) bond motifs is 1. The standard InChI is InChI=1S/C14H19N7O/c15-14-18-11-5-2-1-4-10(11)12(19-14)13(22)16-6-3-8-21-9-7-17-20-21/h7,9H,1-6,8H2,(H,16,22)(H2,15,18,19). The number of hydrogen-bond donors (Lipinski definition) is 2. The molecule has 1 amide bonds. The van der Waals surface area contributed by atoms with Gasteiger partial charge in [-0.3, -0.25) is 9.48 Å². The van der Waals surface area contributed by atoms with Gasteiger partial charge in [-0.2, -0.15) is 0 Å². The van der Waals surface area contributed by atoms with Crippen LogP contribution in [0, 0.1) is 0 Å². The lowest BCUT2D eigenvalue weighted by Gasteiger charge is -2.17. The summed E-state index contributed by atoms with van der Waals surface area (Å²) >= 11 is 0. The van der Waals surface area contributed by atoms with Gasteiger partial charge in [0.05, 0.1) is 6.20 Å². The predicted molar refractivity (Wildman–Crippen MR) is 80.1 cm³/mol. The van der Waals surface area contributed by atoms with Crippen molar-refractivity contribution in [2.45, 2.75) is 38.6 Å². The third-order valence-electron chi connectivity index (χ3n) is 3.74. The average Bonchev–Trinajstić information content (AvgIpc) is 3.04. The summed E-state index contributed by atoms with van der Waals surface area (Å²) in [7, 11) is 0. The number of rotatable bonds is 5. The number of aryl methyl sites for hydroxylation is 2. The van der Waals surface area contributed by atoms with Crippen LogP contribution < -0.4 is 11.1 Å². The van der Waals surface area contributed by atoms with Crippen molar-refractivity contribution in [2.24, 2.45) is 0 Å². The Balaban J connectivity index is 1.61. The SMILES string of the molecule is Nc1nc2c(c(C(=O)NCCCn3ccnn3)n1)CCCC2. The van der Waals surface area contributed by atoms with E-state index < -0.39 is 0 Å². The lowest BCUT2D eigenvalue weighted by molar-refractivity contribution is 0.0946. The molecule has 3 N–H and O–H groups in total. The van der Waals surface area contributed by atoms with E-state index in [0.29, 0.717) is 18.8 Å². The molecule has 0 fully saturated rings. The lowest BCUT2D eigenvalue weighted by Crippen LogP contribution is -2.29. The Hall–Kier alpha value is -2.51. The molecular weight excluding hydrogens is 282 g/mol. The number of aromatic nitrogens is 5. The van der Waals surface area contributed by atoms with Crippen molar-refractivity contribution in [3.8, 4) is 0 Å². The van der Waals surface area contributed by atoms with Gasteiger partial charge in [-0.05, 0) is 32.1 Å². The molecule has 0 saturated carbocycles. The molecule has 2 aromatic heterocycles. The van der Waals surface area contributed by atoms with E-state index in [-0.39, 0.29) is 11.9 Å². The molecule has 0 unspecified atom stereocenters. The van der Waals surface area contributed by atoms with Gasteiger partial charge in [-0.25, -0.2) is 9.97 Å². The van der Waals surface area contributed by atoms with Gasteiger partial charge in [-0.15, -0.1) is 5.10 Å². The molecule has 3 rings (SSSR count). The van der Waals surface area contributed by atoms with Crippen LogP contribution in [0.5, 0.6) is 0 Å². The summed E-state index contributed by atoms with van der Waals surface area (Å²) in [5.41, 5.74) is 8.03. The molecule has 1 aliphatic carbocycles. The van der Waals surface area contributed by atoms with E-state index in [1.807, 2.05) is 0 Å². The minimum atomic E-state index is -0.175. The topological polar surface area (TPSA) is 112 Å². The van der Waals surface area contributed by atoms with Crippen LogP contribution in [0.15, 0.2) is 12.4 Å². The fourth-order valence-corrected chi connectivity index (χ4v) is 2.68. The average molecular weight is 301 g/mol. The van der Waals surface area contributed by atoms with E-state index in [4.69, 9.17) is 5.73 Å². The molecule has 0 spiro atoms. The second-order valence-electron chi connectivity index (χ2n) is 5.34. The van der Waals surface area contributed by atoms with Crippen LogP contribution >= 0.6 is 0 Å². The highest BCUT2D eigenvalue weighted by Crippen LogP contribution is 2.22. The Morgan fingerprint density at radius 1 is 1.32 bits per heavy atom. The number of hydrogen-bond acceptors (Lipinski definition) is 6. The quantitative estimate of drug-likeness (QED) is 0.771. The molecule has 0 atom stereocenters. The number of amides is 1. The van der Waals surface area contributed by atoms with Crippen molar-refractivity contribution in [2.75, 3.05) is 12.3 Å². The zero-order valence-electron chi connectivity index (χ0n) is 12.3. The van der Waals surface area contributed by atoms with Gasteiger partial charge in [-0.1, -0.05) is 5.21 Å².